The fraction of sp³-hybridized carbons (Fsp3) is 0.636. The Labute approximate surface area is 91.3 Å². The molecule has 0 radical (unpaired) electrons. The molecule has 4 nitrogen and oxygen atoms in total. The largest absolute Gasteiger partial charge is 0.368 e. The topological polar surface area (TPSA) is 63.8 Å². The minimum atomic E-state index is 0.183. The molecule has 1 aromatic heterocycles. The maximum atomic E-state index is 5.81. The lowest BCUT2D eigenvalue weighted by molar-refractivity contribution is 0.677. The summed E-state index contributed by atoms with van der Waals surface area (Å²) in [5, 5.41) is 3.21. The Bertz CT molecular complexity index is 298. The van der Waals surface area contributed by atoms with Crippen molar-refractivity contribution in [2.75, 3.05) is 11.9 Å². The van der Waals surface area contributed by atoms with E-state index in [0.29, 0.717) is 5.92 Å². The molecular formula is C11H20N4. The lowest BCUT2D eigenvalue weighted by atomic mass is 10.1. The van der Waals surface area contributed by atoms with Crippen LogP contribution < -0.4 is 11.1 Å². The maximum Gasteiger partial charge on any atom is 0.129 e. The highest BCUT2D eigenvalue weighted by Gasteiger charge is 2.03. The van der Waals surface area contributed by atoms with Crippen LogP contribution >= 0.6 is 0 Å². The number of rotatable bonds is 5. The molecule has 0 aliphatic carbocycles. The van der Waals surface area contributed by atoms with Crippen molar-refractivity contribution in [3.63, 3.8) is 0 Å². The molecule has 1 unspecified atom stereocenters. The predicted octanol–water partition coefficient (Wildman–Crippen LogP) is 1.75. The van der Waals surface area contributed by atoms with Gasteiger partial charge in [-0.2, -0.15) is 0 Å². The van der Waals surface area contributed by atoms with Crippen LogP contribution in [0.4, 0.5) is 5.82 Å². The number of nitrogens with two attached hydrogens (primary N) is 1. The summed E-state index contributed by atoms with van der Waals surface area (Å²) in [5.41, 5.74) is 6.87. The van der Waals surface area contributed by atoms with E-state index >= 15 is 0 Å². The van der Waals surface area contributed by atoms with Crippen molar-refractivity contribution < 1.29 is 0 Å². The molecular weight excluding hydrogens is 188 g/mol. The molecule has 0 aromatic carbocycles. The van der Waals surface area contributed by atoms with Crippen molar-refractivity contribution in [1.29, 1.82) is 0 Å². The normalized spacial score (nSPS) is 12.9. The Morgan fingerprint density at radius 1 is 1.40 bits per heavy atom. The van der Waals surface area contributed by atoms with Crippen LogP contribution in [0, 0.1) is 0 Å². The molecule has 1 aromatic rings. The highest BCUT2D eigenvalue weighted by atomic mass is 15.0. The Morgan fingerprint density at radius 3 is 2.73 bits per heavy atom. The average molecular weight is 208 g/mol. The highest BCUT2D eigenvalue weighted by molar-refractivity contribution is 5.35. The van der Waals surface area contributed by atoms with Crippen LogP contribution in [0.1, 0.15) is 38.8 Å². The summed E-state index contributed by atoms with van der Waals surface area (Å²) in [4.78, 5) is 8.35. The van der Waals surface area contributed by atoms with E-state index in [1.54, 1.807) is 6.33 Å². The molecule has 0 bridgehead atoms. The molecule has 0 amide bonds. The summed E-state index contributed by atoms with van der Waals surface area (Å²) < 4.78 is 0. The SMILES string of the molecule is CCC(N)CNc1cc(C(C)C)ncn1. The molecule has 0 aliphatic rings. The van der Waals surface area contributed by atoms with Gasteiger partial charge < -0.3 is 11.1 Å². The van der Waals surface area contributed by atoms with E-state index in [-0.39, 0.29) is 6.04 Å². The Balaban J connectivity index is 2.58. The van der Waals surface area contributed by atoms with Gasteiger partial charge in [0.05, 0.1) is 0 Å². The van der Waals surface area contributed by atoms with Gasteiger partial charge in [0.25, 0.3) is 0 Å². The number of aromatic nitrogens is 2. The van der Waals surface area contributed by atoms with Crippen molar-refractivity contribution in [1.82, 2.24) is 9.97 Å². The molecule has 15 heavy (non-hydrogen) atoms. The third kappa shape index (κ3) is 3.83. The third-order valence-corrected chi connectivity index (χ3v) is 2.35. The van der Waals surface area contributed by atoms with Crippen LogP contribution in [-0.2, 0) is 0 Å². The van der Waals surface area contributed by atoms with Crippen molar-refractivity contribution in [2.24, 2.45) is 5.73 Å². The summed E-state index contributed by atoms with van der Waals surface area (Å²) in [6.07, 6.45) is 2.56. The molecule has 1 rings (SSSR count). The van der Waals surface area contributed by atoms with Gasteiger partial charge in [-0.05, 0) is 12.3 Å². The molecule has 0 aliphatic heterocycles. The third-order valence-electron chi connectivity index (χ3n) is 2.35. The number of nitrogens with zero attached hydrogens (tertiary/aromatic N) is 2. The van der Waals surface area contributed by atoms with E-state index in [2.05, 4.69) is 36.1 Å². The minimum absolute atomic E-state index is 0.183. The van der Waals surface area contributed by atoms with Gasteiger partial charge in [-0.3, -0.25) is 0 Å². The summed E-state index contributed by atoms with van der Waals surface area (Å²) in [6, 6.07) is 2.16. The lowest BCUT2D eigenvalue weighted by Crippen LogP contribution is -2.28. The first-order valence-electron chi connectivity index (χ1n) is 5.44. The summed E-state index contributed by atoms with van der Waals surface area (Å²) >= 11 is 0. The molecule has 0 saturated carbocycles. The highest BCUT2D eigenvalue weighted by Crippen LogP contribution is 2.13. The number of nitrogens with one attached hydrogen (secondary N) is 1. The molecule has 0 fully saturated rings. The van der Waals surface area contributed by atoms with E-state index < -0.39 is 0 Å². The number of anilines is 1. The van der Waals surface area contributed by atoms with Crippen molar-refractivity contribution in [2.45, 2.75) is 39.2 Å². The first kappa shape index (κ1) is 11.9. The van der Waals surface area contributed by atoms with Crippen LogP contribution in [0.15, 0.2) is 12.4 Å². The van der Waals surface area contributed by atoms with Gasteiger partial charge in [-0.25, -0.2) is 9.97 Å². The van der Waals surface area contributed by atoms with E-state index in [9.17, 15) is 0 Å². The second-order valence-corrected chi connectivity index (χ2v) is 4.03. The van der Waals surface area contributed by atoms with Gasteiger partial charge in [0.2, 0.25) is 0 Å². The predicted molar refractivity (Wildman–Crippen MR) is 62.9 cm³/mol. The molecule has 0 saturated heterocycles. The fourth-order valence-corrected chi connectivity index (χ4v) is 1.16. The zero-order valence-electron chi connectivity index (χ0n) is 9.70. The van der Waals surface area contributed by atoms with Gasteiger partial charge in [-0.15, -0.1) is 0 Å². The summed E-state index contributed by atoms with van der Waals surface area (Å²) in [5.74, 6) is 1.28. The van der Waals surface area contributed by atoms with Crippen molar-refractivity contribution in [3.05, 3.63) is 18.1 Å². The second-order valence-electron chi connectivity index (χ2n) is 4.03. The maximum absolute atomic E-state index is 5.81. The smallest absolute Gasteiger partial charge is 0.129 e. The Hall–Kier alpha value is -1.16. The van der Waals surface area contributed by atoms with Crippen molar-refractivity contribution in [3.8, 4) is 0 Å². The van der Waals surface area contributed by atoms with E-state index in [4.69, 9.17) is 5.73 Å². The Morgan fingerprint density at radius 2 is 2.13 bits per heavy atom. The molecule has 1 atom stereocenters. The number of hydrogen-bond donors (Lipinski definition) is 2. The molecule has 1 heterocycles. The molecule has 84 valence electrons. The summed E-state index contributed by atoms with van der Waals surface area (Å²) in [7, 11) is 0. The fourth-order valence-electron chi connectivity index (χ4n) is 1.16. The quantitative estimate of drug-likeness (QED) is 0.773. The summed E-state index contributed by atoms with van der Waals surface area (Å²) in [6.45, 7) is 7.06. The minimum Gasteiger partial charge on any atom is -0.368 e. The van der Waals surface area contributed by atoms with Crippen LogP contribution in [0.3, 0.4) is 0 Å². The van der Waals surface area contributed by atoms with Gasteiger partial charge in [0.15, 0.2) is 0 Å². The zero-order valence-corrected chi connectivity index (χ0v) is 9.70. The van der Waals surface area contributed by atoms with Gasteiger partial charge in [0, 0.05) is 24.3 Å². The van der Waals surface area contributed by atoms with E-state index in [1.807, 2.05) is 6.07 Å². The van der Waals surface area contributed by atoms with Crippen LogP contribution in [0.25, 0.3) is 0 Å². The zero-order chi connectivity index (χ0) is 11.3. The van der Waals surface area contributed by atoms with Gasteiger partial charge in [0.1, 0.15) is 12.1 Å². The van der Waals surface area contributed by atoms with Crippen LogP contribution in [0.5, 0.6) is 0 Å². The number of hydrogen-bond acceptors (Lipinski definition) is 4. The van der Waals surface area contributed by atoms with Crippen molar-refractivity contribution >= 4 is 5.82 Å². The first-order chi connectivity index (χ1) is 7.13. The van der Waals surface area contributed by atoms with E-state index in [1.165, 1.54) is 0 Å². The second kappa shape index (κ2) is 5.66. The van der Waals surface area contributed by atoms with Gasteiger partial charge in [-0.1, -0.05) is 20.8 Å². The Kier molecular flexibility index (Phi) is 4.49. The van der Waals surface area contributed by atoms with Crippen LogP contribution in [-0.4, -0.2) is 22.6 Å². The standard InChI is InChI=1S/C11H20N4/c1-4-9(12)6-13-11-5-10(8(2)3)14-7-15-11/h5,7-9H,4,6,12H2,1-3H3,(H,13,14,15). The molecule has 4 heteroatoms. The lowest BCUT2D eigenvalue weighted by Gasteiger charge is -2.11. The molecule has 0 spiro atoms. The monoisotopic (exact) mass is 208 g/mol. The van der Waals surface area contributed by atoms with Gasteiger partial charge >= 0.3 is 0 Å². The van der Waals surface area contributed by atoms with Crippen LogP contribution in [0.2, 0.25) is 0 Å². The molecule has 3 N–H and O–H groups in total. The first-order valence-corrected chi connectivity index (χ1v) is 5.44. The average Bonchev–Trinajstić information content (AvgIpc) is 2.26. The van der Waals surface area contributed by atoms with E-state index in [0.717, 1.165) is 24.5 Å².